The van der Waals surface area contributed by atoms with E-state index >= 15 is 8.78 Å². The third-order valence-corrected chi connectivity index (χ3v) is 14.1. The van der Waals surface area contributed by atoms with Crippen molar-refractivity contribution in [2.75, 3.05) is 56.6 Å². The van der Waals surface area contributed by atoms with Crippen LogP contribution in [0.5, 0.6) is 11.8 Å². The molecule has 0 unspecified atom stereocenters. The van der Waals surface area contributed by atoms with E-state index in [-0.39, 0.29) is 96.1 Å². The van der Waals surface area contributed by atoms with Crippen LogP contribution in [0, 0.1) is 34.3 Å². The maximum absolute atomic E-state index is 17.5. The van der Waals surface area contributed by atoms with E-state index < -0.39 is 23.3 Å². The number of nitrogen functional groups attached to an aromatic ring is 1. The Morgan fingerprint density at radius 1 is 1.20 bits per heavy atom. The van der Waals surface area contributed by atoms with Crippen LogP contribution in [-0.2, 0) is 0 Å². The minimum atomic E-state index is -0.973. The highest BCUT2D eigenvalue weighted by Crippen LogP contribution is 2.56. The molecule has 17 heteroatoms. The molecule has 1 saturated carbocycles. The Morgan fingerprint density at radius 3 is 2.80 bits per heavy atom. The Labute approximate surface area is 328 Å². The normalized spacial score (nSPS) is 25.2. The lowest BCUT2D eigenvalue weighted by Gasteiger charge is -2.52. The zero-order chi connectivity index (χ0) is 38.7. The first-order chi connectivity index (χ1) is 27.0. The number of hydrogen-bond acceptors (Lipinski definition) is 11. The van der Waals surface area contributed by atoms with Gasteiger partial charge in [0.2, 0.25) is 0 Å². The number of anilines is 2. The Bertz CT molecular complexity index is 2490. The zero-order valence-corrected chi connectivity index (χ0v) is 32.0. The molecule has 7 heterocycles. The largest absolute Gasteiger partial charge is 0.489 e. The van der Waals surface area contributed by atoms with E-state index in [1.54, 1.807) is 12.4 Å². The van der Waals surface area contributed by atoms with Crippen molar-refractivity contribution in [2.24, 2.45) is 11.3 Å². The summed E-state index contributed by atoms with van der Waals surface area (Å²) >= 11 is 8.03. The molecule has 0 bridgehead atoms. The van der Waals surface area contributed by atoms with Gasteiger partial charge >= 0.3 is 12.0 Å². The molecule has 10 rings (SSSR count). The van der Waals surface area contributed by atoms with Gasteiger partial charge in [0, 0.05) is 61.4 Å². The van der Waals surface area contributed by atoms with Gasteiger partial charge in [0.25, 0.3) is 0 Å². The lowest BCUT2D eigenvalue weighted by Crippen LogP contribution is -2.65. The lowest BCUT2D eigenvalue weighted by molar-refractivity contribution is 0.0105. The fourth-order valence-corrected chi connectivity index (χ4v) is 11.1. The van der Waals surface area contributed by atoms with Crippen molar-refractivity contribution in [2.45, 2.75) is 56.8 Å². The summed E-state index contributed by atoms with van der Waals surface area (Å²) < 4.78 is 61.6. The number of fused-ring (bicyclic) bond motifs is 2. The van der Waals surface area contributed by atoms with Gasteiger partial charge in [-0.2, -0.15) is 15.2 Å². The smallest absolute Gasteiger partial charge is 0.329 e. The fraction of sp³-hybridized carbons (Fsp3) is 0.462. The van der Waals surface area contributed by atoms with Crippen LogP contribution < -0.4 is 20.1 Å². The number of nitrogens with two attached hydrogens (primary N) is 1. The molecule has 4 atom stereocenters. The summed E-state index contributed by atoms with van der Waals surface area (Å²) in [7, 11) is 0. The van der Waals surface area contributed by atoms with Gasteiger partial charge in [-0.05, 0) is 49.3 Å². The maximum Gasteiger partial charge on any atom is 0.329 e. The standard InChI is InChI=1S/C39H37ClF3N9O3S/c1-38(6-7-38)33-20(16-52(33)37(53)50-10-8-46-19-50)15-49-11-12-54-31-27-30(47-36(48-35(27)49)55-18-39-5-2-9-51(39)17-21(41)13-39)29(43)26(28(31)40)22-3-4-24(42)32-25(22)23(14-44)34(45)56-32/h3-4,8,10,19-21,33H,2,5-7,9,11-13,15-18,45H2,1H3/t20-,21-,33+,39+/m1/s1. The molecule has 1 amide bonds. The first-order valence-corrected chi connectivity index (χ1v) is 20.0. The first kappa shape index (κ1) is 35.6. The number of nitriles is 1. The van der Waals surface area contributed by atoms with Crippen LogP contribution in [0.25, 0.3) is 32.1 Å². The van der Waals surface area contributed by atoms with Gasteiger partial charge in [0.15, 0.2) is 11.6 Å². The molecule has 3 saturated heterocycles. The summed E-state index contributed by atoms with van der Waals surface area (Å²) in [6, 6.07) is 4.35. The maximum atomic E-state index is 17.5. The number of hydrogen-bond donors (Lipinski definition) is 1. The van der Waals surface area contributed by atoms with E-state index in [2.05, 4.69) is 21.8 Å². The summed E-state index contributed by atoms with van der Waals surface area (Å²) in [5, 5.41) is 10.4. The van der Waals surface area contributed by atoms with Crippen LogP contribution >= 0.6 is 22.9 Å². The van der Waals surface area contributed by atoms with Crippen molar-refractivity contribution in [3.8, 4) is 29.0 Å². The molecule has 0 spiro atoms. The van der Waals surface area contributed by atoms with Crippen LogP contribution in [0.1, 0.15) is 44.6 Å². The summed E-state index contributed by atoms with van der Waals surface area (Å²) in [4.78, 5) is 33.2. The number of thiophene rings is 1. The highest BCUT2D eigenvalue weighted by molar-refractivity contribution is 7.23. The van der Waals surface area contributed by atoms with E-state index in [1.165, 1.54) is 23.0 Å². The Morgan fingerprint density at radius 2 is 2.04 bits per heavy atom. The van der Waals surface area contributed by atoms with E-state index in [0.29, 0.717) is 38.4 Å². The molecule has 1 aliphatic carbocycles. The molecule has 2 aromatic carbocycles. The Balaban J connectivity index is 1.10. The molecule has 56 heavy (non-hydrogen) atoms. The SMILES string of the molecule is CC1([C@@H]2[C@H](CN3CCOc4c(Cl)c(-c5ccc(F)c6sc(N)c(C#N)c56)c(F)c5nc(OC[C@@]67CCCN6C[C@H](F)C7)nc3c45)CN2C(=O)n2ccnc2)CC1. The third-order valence-electron chi connectivity index (χ3n) is 12.7. The van der Waals surface area contributed by atoms with Gasteiger partial charge in [0.1, 0.15) is 53.9 Å². The van der Waals surface area contributed by atoms with Gasteiger partial charge in [-0.15, -0.1) is 11.3 Å². The number of likely N-dealkylation sites (tertiary alicyclic amines) is 1. The molecule has 0 radical (unpaired) electrons. The van der Waals surface area contributed by atoms with Crippen LogP contribution in [0.15, 0.2) is 30.9 Å². The highest BCUT2D eigenvalue weighted by atomic mass is 35.5. The third kappa shape index (κ3) is 5.33. The number of halogens is 4. The monoisotopic (exact) mass is 803 g/mol. The molecule has 3 aromatic heterocycles. The Hall–Kier alpha value is -4.85. The molecule has 290 valence electrons. The van der Waals surface area contributed by atoms with Crippen LogP contribution in [-0.4, -0.2) is 99.0 Å². The molecular formula is C39H37ClF3N9O3S. The molecule has 12 nitrogen and oxygen atoms in total. The number of aromatic nitrogens is 4. The summed E-state index contributed by atoms with van der Waals surface area (Å²) in [6.07, 6.45) is 7.74. The van der Waals surface area contributed by atoms with E-state index in [0.717, 1.165) is 43.6 Å². The number of alkyl halides is 1. The van der Waals surface area contributed by atoms with Gasteiger partial charge in [0.05, 0.1) is 32.8 Å². The van der Waals surface area contributed by atoms with Gasteiger partial charge < -0.3 is 25.0 Å². The van der Waals surface area contributed by atoms with Crippen molar-refractivity contribution in [3.63, 3.8) is 0 Å². The molecule has 5 aromatic rings. The summed E-state index contributed by atoms with van der Waals surface area (Å²) in [5.41, 5.74) is 5.52. The summed E-state index contributed by atoms with van der Waals surface area (Å²) in [5.74, 6) is -0.872. The second-order valence-electron chi connectivity index (χ2n) is 16.1. The number of carbonyl (C=O) groups is 1. The molecule has 5 aliphatic rings. The number of amides is 1. The number of carbonyl (C=O) groups excluding carboxylic acids is 1. The van der Waals surface area contributed by atoms with Crippen molar-refractivity contribution in [1.82, 2.24) is 29.3 Å². The quantitative estimate of drug-likeness (QED) is 0.183. The van der Waals surface area contributed by atoms with E-state index in [1.807, 2.05) is 15.9 Å². The number of imidazole rings is 1. The van der Waals surface area contributed by atoms with Crippen molar-refractivity contribution in [3.05, 3.63) is 53.1 Å². The van der Waals surface area contributed by atoms with Crippen molar-refractivity contribution < 1.29 is 27.4 Å². The topological polar surface area (TPSA) is 139 Å². The predicted octanol–water partition coefficient (Wildman–Crippen LogP) is 7.02. The van der Waals surface area contributed by atoms with Crippen molar-refractivity contribution >= 4 is 60.8 Å². The van der Waals surface area contributed by atoms with E-state index in [9.17, 15) is 14.4 Å². The van der Waals surface area contributed by atoms with Crippen molar-refractivity contribution in [1.29, 1.82) is 5.26 Å². The van der Waals surface area contributed by atoms with Crippen LogP contribution in [0.4, 0.5) is 28.8 Å². The second-order valence-corrected chi connectivity index (χ2v) is 17.5. The number of benzene rings is 2. The second kappa shape index (κ2) is 12.8. The fourth-order valence-electron chi connectivity index (χ4n) is 9.78. The average Bonchev–Trinajstić information content (AvgIpc) is 3.53. The molecular weight excluding hydrogens is 767 g/mol. The highest BCUT2D eigenvalue weighted by Gasteiger charge is 2.58. The van der Waals surface area contributed by atoms with Gasteiger partial charge in [-0.1, -0.05) is 24.6 Å². The van der Waals surface area contributed by atoms with Crippen LogP contribution in [0.2, 0.25) is 5.02 Å². The van der Waals surface area contributed by atoms with E-state index in [4.69, 9.17) is 31.8 Å². The number of ether oxygens (including phenoxy) is 2. The minimum Gasteiger partial charge on any atom is -0.489 e. The average molecular weight is 804 g/mol. The van der Waals surface area contributed by atoms with Crippen LogP contribution in [0.3, 0.4) is 0 Å². The lowest BCUT2D eigenvalue weighted by atomic mass is 9.78. The molecule has 4 aliphatic heterocycles. The molecule has 4 fully saturated rings. The number of nitrogens with zero attached hydrogens (tertiary/aromatic N) is 8. The predicted molar refractivity (Wildman–Crippen MR) is 205 cm³/mol. The summed E-state index contributed by atoms with van der Waals surface area (Å²) in [6.45, 7) is 4.91. The van der Waals surface area contributed by atoms with Gasteiger partial charge in [-0.25, -0.2) is 22.9 Å². The molecule has 2 N–H and O–H groups in total. The minimum absolute atomic E-state index is 0.0171. The number of rotatable bonds is 7. The zero-order valence-electron chi connectivity index (χ0n) is 30.4. The Kier molecular flexibility index (Phi) is 8.15. The first-order valence-electron chi connectivity index (χ1n) is 18.8. The van der Waals surface area contributed by atoms with Gasteiger partial charge in [-0.3, -0.25) is 9.47 Å².